The first kappa shape index (κ1) is 18.5. The first-order valence-corrected chi connectivity index (χ1v) is 9.47. The van der Waals surface area contributed by atoms with Crippen molar-refractivity contribution in [1.82, 2.24) is 9.55 Å². The van der Waals surface area contributed by atoms with E-state index in [9.17, 15) is 9.90 Å². The maximum absolute atomic E-state index is 12.8. The number of aromatic nitrogens is 2. The minimum atomic E-state index is -0.186. The molecule has 0 amide bonds. The Morgan fingerprint density at radius 3 is 2.42 bits per heavy atom. The standard InChI is InChI=1S/C18H25N3O2S/c1-4-15-16(22)19-18(24-13-12-20(5-2)6-3)21(17(15)23)14-10-8-7-9-11-14/h7-11,22H,4-6,12-13H2,1-3H3/p+1. The zero-order chi connectivity index (χ0) is 17.5. The molecule has 0 radical (unpaired) electrons. The third kappa shape index (κ3) is 4.19. The highest BCUT2D eigenvalue weighted by atomic mass is 32.2. The van der Waals surface area contributed by atoms with Crippen molar-refractivity contribution in [3.63, 3.8) is 0 Å². The molecule has 0 unspecified atom stereocenters. The predicted octanol–water partition coefficient (Wildman–Crippen LogP) is 1.52. The summed E-state index contributed by atoms with van der Waals surface area (Å²) in [5.41, 5.74) is 0.953. The van der Waals surface area contributed by atoms with E-state index < -0.39 is 0 Å². The summed E-state index contributed by atoms with van der Waals surface area (Å²) in [5, 5.41) is 10.6. The van der Waals surface area contributed by atoms with E-state index in [1.165, 1.54) is 16.7 Å². The van der Waals surface area contributed by atoms with Crippen LogP contribution in [0.2, 0.25) is 0 Å². The monoisotopic (exact) mass is 348 g/mol. The zero-order valence-electron chi connectivity index (χ0n) is 14.6. The number of para-hydroxylation sites is 1. The molecule has 5 nitrogen and oxygen atoms in total. The van der Waals surface area contributed by atoms with Crippen molar-refractivity contribution in [2.24, 2.45) is 0 Å². The van der Waals surface area contributed by atoms with E-state index in [4.69, 9.17) is 0 Å². The molecule has 0 atom stereocenters. The Morgan fingerprint density at radius 1 is 1.17 bits per heavy atom. The highest BCUT2D eigenvalue weighted by Crippen LogP contribution is 2.22. The number of nitrogens with zero attached hydrogens (tertiary/aromatic N) is 2. The van der Waals surface area contributed by atoms with Gasteiger partial charge in [-0.1, -0.05) is 36.9 Å². The maximum Gasteiger partial charge on any atom is 0.265 e. The summed E-state index contributed by atoms with van der Waals surface area (Å²) in [7, 11) is 0. The largest absolute Gasteiger partial charge is 0.493 e. The van der Waals surface area contributed by atoms with Crippen LogP contribution < -0.4 is 10.5 Å². The first-order chi connectivity index (χ1) is 11.6. The number of rotatable bonds is 8. The molecule has 2 aromatic rings. The van der Waals surface area contributed by atoms with Gasteiger partial charge in [-0.25, -0.2) is 0 Å². The second-order valence-electron chi connectivity index (χ2n) is 5.58. The van der Waals surface area contributed by atoms with Crippen LogP contribution in [0.4, 0.5) is 0 Å². The molecule has 0 aliphatic rings. The maximum atomic E-state index is 12.8. The van der Waals surface area contributed by atoms with E-state index in [1.54, 1.807) is 4.57 Å². The number of thioether (sulfide) groups is 1. The van der Waals surface area contributed by atoms with Crippen molar-refractivity contribution in [1.29, 1.82) is 0 Å². The molecule has 0 spiro atoms. The molecule has 0 saturated heterocycles. The third-order valence-corrected chi connectivity index (χ3v) is 5.12. The van der Waals surface area contributed by atoms with Crippen LogP contribution >= 0.6 is 11.8 Å². The van der Waals surface area contributed by atoms with Gasteiger partial charge in [-0.15, -0.1) is 0 Å². The number of hydrogen-bond donors (Lipinski definition) is 2. The van der Waals surface area contributed by atoms with Crippen LogP contribution in [0.5, 0.6) is 5.88 Å². The van der Waals surface area contributed by atoms with E-state index in [0.29, 0.717) is 17.1 Å². The molecule has 0 fully saturated rings. The molecule has 0 aliphatic heterocycles. The van der Waals surface area contributed by atoms with Gasteiger partial charge in [-0.05, 0) is 32.4 Å². The smallest absolute Gasteiger partial charge is 0.265 e. The van der Waals surface area contributed by atoms with Crippen LogP contribution in [0.3, 0.4) is 0 Å². The summed E-state index contributed by atoms with van der Waals surface area (Å²) in [6, 6.07) is 9.49. The average molecular weight is 348 g/mol. The molecule has 2 N–H and O–H groups in total. The molecule has 0 aliphatic carbocycles. The SMILES string of the molecule is CCc1c(O)nc(SCC[NH+](CC)CC)n(-c2ccccc2)c1=O. The van der Waals surface area contributed by atoms with Gasteiger partial charge in [0, 0.05) is 0 Å². The predicted molar refractivity (Wildman–Crippen MR) is 98.5 cm³/mol. The van der Waals surface area contributed by atoms with E-state index >= 15 is 0 Å². The molecule has 6 heteroatoms. The second-order valence-corrected chi connectivity index (χ2v) is 6.64. The van der Waals surface area contributed by atoms with E-state index in [0.717, 1.165) is 31.1 Å². The van der Waals surface area contributed by atoms with Gasteiger partial charge in [0.2, 0.25) is 5.88 Å². The molecule has 24 heavy (non-hydrogen) atoms. The van der Waals surface area contributed by atoms with Crippen LogP contribution in [-0.4, -0.2) is 40.0 Å². The van der Waals surface area contributed by atoms with Crippen molar-refractivity contribution in [2.45, 2.75) is 32.3 Å². The summed E-state index contributed by atoms with van der Waals surface area (Å²) in [6.45, 7) is 9.35. The summed E-state index contributed by atoms with van der Waals surface area (Å²) in [5.74, 6) is 0.702. The Kier molecular flexibility index (Phi) is 6.87. The molecular weight excluding hydrogens is 322 g/mol. The number of hydrogen-bond acceptors (Lipinski definition) is 4. The lowest BCUT2D eigenvalue weighted by Crippen LogP contribution is -3.11. The number of nitrogens with one attached hydrogen (secondary N) is 1. The van der Waals surface area contributed by atoms with Crippen molar-refractivity contribution in [3.05, 3.63) is 46.2 Å². The molecule has 1 aromatic heterocycles. The second kappa shape index (κ2) is 8.89. The van der Waals surface area contributed by atoms with Gasteiger partial charge in [-0.2, -0.15) is 4.98 Å². The van der Waals surface area contributed by atoms with Crippen LogP contribution in [0, 0.1) is 0 Å². The van der Waals surface area contributed by atoms with Gasteiger partial charge in [0.25, 0.3) is 5.56 Å². The number of quaternary nitrogens is 1. The Balaban J connectivity index is 2.38. The quantitative estimate of drug-likeness (QED) is 0.561. The summed E-state index contributed by atoms with van der Waals surface area (Å²) < 4.78 is 1.61. The van der Waals surface area contributed by atoms with Gasteiger partial charge < -0.3 is 10.0 Å². The van der Waals surface area contributed by atoms with Crippen LogP contribution in [0.25, 0.3) is 5.69 Å². The Bertz CT molecular complexity index is 712. The minimum Gasteiger partial charge on any atom is -0.493 e. The topological polar surface area (TPSA) is 59.6 Å². The molecule has 130 valence electrons. The van der Waals surface area contributed by atoms with Crippen molar-refractivity contribution in [2.75, 3.05) is 25.4 Å². The first-order valence-electron chi connectivity index (χ1n) is 8.48. The van der Waals surface area contributed by atoms with E-state index in [2.05, 4.69) is 18.8 Å². The Hall–Kier alpha value is -1.79. The zero-order valence-corrected chi connectivity index (χ0v) is 15.4. The van der Waals surface area contributed by atoms with Gasteiger partial charge in [0.1, 0.15) is 0 Å². The number of benzene rings is 1. The fourth-order valence-electron chi connectivity index (χ4n) is 2.63. The lowest BCUT2D eigenvalue weighted by molar-refractivity contribution is -0.893. The molecule has 1 aromatic carbocycles. The lowest BCUT2D eigenvalue weighted by Gasteiger charge is -2.16. The molecule has 0 bridgehead atoms. The summed E-state index contributed by atoms with van der Waals surface area (Å²) >= 11 is 1.52. The van der Waals surface area contributed by atoms with Gasteiger partial charge in [-0.3, -0.25) is 9.36 Å². The van der Waals surface area contributed by atoms with Gasteiger partial charge >= 0.3 is 0 Å². The Morgan fingerprint density at radius 2 is 1.83 bits per heavy atom. The molecule has 1 heterocycles. The summed E-state index contributed by atoms with van der Waals surface area (Å²) in [6.07, 6.45) is 0.457. The van der Waals surface area contributed by atoms with E-state index in [-0.39, 0.29) is 11.4 Å². The van der Waals surface area contributed by atoms with Crippen LogP contribution in [-0.2, 0) is 6.42 Å². The highest BCUT2D eigenvalue weighted by Gasteiger charge is 2.17. The van der Waals surface area contributed by atoms with Gasteiger partial charge in [0.05, 0.1) is 36.6 Å². The third-order valence-electron chi connectivity index (χ3n) is 4.18. The average Bonchev–Trinajstić information content (AvgIpc) is 2.59. The highest BCUT2D eigenvalue weighted by molar-refractivity contribution is 7.99. The van der Waals surface area contributed by atoms with Crippen LogP contribution in [0.1, 0.15) is 26.3 Å². The lowest BCUT2D eigenvalue weighted by atomic mass is 10.2. The minimum absolute atomic E-state index is 0.146. The van der Waals surface area contributed by atoms with Crippen molar-refractivity contribution in [3.8, 4) is 11.6 Å². The fraction of sp³-hybridized carbons (Fsp3) is 0.444. The van der Waals surface area contributed by atoms with Crippen LogP contribution in [0.15, 0.2) is 40.3 Å². The summed E-state index contributed by atoms with van der Waals surface area (Å²) in [4.78, 5) is 18.6. The van der Waals surface area contributed by atoms with Crippen molar-refractivity contribution < 1.29 is 10.0 Å². The fourth-order valence-corrected chi connectivity index (χ4v) is 3.67. The van der Waals surface area contributed by atoms with Crippen molar-refractivity contribution >= 4 is 11.8 Å². The molecule has 0 saturated carbocycles. The van der Waals surface area contributed by atoms with Gasteiger partial charge in [0.15, 0.2) is 5.16 Å². The number of aromatic hydroxyl groups is 1. The Labute approximate surface area is 147 Å². The normalized spacial score (nSPS) is 11.2. The molecule has 2 rings (SSSR count). The molecular formula is C18H26N3O2S+. The van der Waals surface area contributed by atoms with E-state index in [1.807, 2.05) is 37.3 Å².